The topological polar surface area (TPSA) is 44.2 Å². The second-order valence-electron chi connectivity index (χ2n) is 2.92. The number of nitrogens with zero attached hydrogens (tertiary/aromatic N) is 2. The molecular weight excluding hydrogens is 251 g/mol. The summed E-state index contributed by atoms with van der Waals surface area (Å²) in [6, 6.07) is 3.53. The summed E-state index contributed by atoms with van der Waals surface area (Å²) in [6.07, 6.45) is 1.50. The number of hydrogen-bond donors (Lipinski definition) is 0. The van der Waals surface area contributed by atoms with Gasteiger partial charge >= 0.3 is 0 Å². The van der Waals surface area contributed by atoms with E-state index in [1.54, 1.807) is 26.4 Å². The Labute approximate surface area is 104 Å². The molecule has 1 heterocycles. The molecule has 0 amide bonds. The molecule has 16 heavy (non-hydrogen) atoms. The van der Waals surface area contributed by atoms with Gasteiger partial charge in [0.25, 0.3) is 0 Å². The molecule has 0 bridgehead atoms. The van der Waals surface area contributed by atoms with Crippen LogP contribution < -0.4 is 9.47 Å². The van der Waals surface area contributed by atoms with Gasteiger partial charge in [0.15, 0.2) is 11.5 Å². The van der Waals surface area contributed by atoms with Gasteiger partial charge in [-0.25, -0.2) is 0 Å². The highest BCUT2D eigenvalue weighted by atomic mass is 35.5. The van der Waals surface area contributed by atoms with Gasteiger partial charge in [-0.1, -0.05) is 11.6 Å². The number of ether oxygens (including phenoxy) is 2. The van der Waals surface area contributed by atoms with E-state index in [0.29, 0.717) is 22.0 Å². The molecule has 0 N–H and O–H groups in total. The molecule has 0 aliphatic heterocycles. The molecule has 6 heteroatoms. The zero-order valence-electron chi connectivity index (χ0n) is 8.73. The van der Waals surface area contributed by atoms with Crippen LogP contribution in [-0.4, -0.2) is 24.4 Å². The summed E-state index contributed by atoms with van der Waals surface area (Å²) < 4.78 is 10.3. The van der Waals surface area contributed by atoms with E-state index in [0.717, 1.165) is 5.39 Å². The first-order valence-electron chi connectivity index (χ1n) is 4.29. The Morgan fingerprint density at radius 3 is 2.38 bits per heavy atom. The summed E-state index contributed by atoms with van der Waals surface area (Å²) in [5, 5.41) is 9.06. The van der Waals surface area contributed by atoms with Crippen molar-refractivity contribution in [3.8, 4) is 11.5 Å². The number of methoxy groups -OCH3 is 2. The molecule has 0 saturated heterocycles. The van der Waals surface area contributed by atoms with Crippen LogP contribution in [0.2, 0.25) is 5.02 Å². The third-order valence-corrected chi connectivity index (χ3v) is 2.40. The molecule has 0 saturated carbocycles. The maximum atomic E-state index is 5.98. The first kappa shape index (κ1) is 12.8. The van der Waals surface area contributed by atoms with Crippen molar-refractivity contribution >= 4 is 34.9 Å². The first-order chi connectivity index (χ1) is 7.26. The molecule has 0 aliphatic rings. The van der Waals surface area contributed by atoms with Crippen LogP contribution in [0.25, 0.3) is 10.9 Å². The summed E-state index contributed by atoms with van der Waals surface area (Å²) >= 11 is 5.98. The lowest BCUT2D eigenvalue weighted by molar-refractivity contribution is 0.355. The summed E-state index contributed by atoms with van der Waals surface area (Å²) in [4.78, 5) is 0. The Morgan fingerprint density at radius 1 is 1.12 bits per heavy atom. The second-order valence-corrected chi connectivity index (χ2v) is 3.32. The molecule has 86 valence electrons. The van der Waals surface area contributed by atoms with Crippen molar-refractivity contribution in [2.75, 3.05) is 14.2 Å². The zero-order valence-corrected chi connectivity index (χ0v) is 10.3. The molecule has 4 nitrogen and oxygen atoms in total. The fraction of sp³-hybridized carbons (Fsp3) is 0.200. The van der Waals surface area contributed by atoms with E-state index in [2.05, 4.69) is 10.2 Å². The van der Waals surface area contributed by atoms with Crippen LogP contribution in [0.1, 0.15) is 0 Å². The molecule has 2 aromatic rings. The number of benzene rings is 1. The van der Waals surface area contributed by atoms with Gasteiger partial charge in [-0.15, -0.1) is 12.4 Å². The van der Waals surface area contributed by atoms with E-state index in [1.807, 2.05) is 0 Å². The predicted octanol–water partition coefficient (Wildman–Crippen LogP) is 2.72. The number of fused-ring (bicyclic) bond motifs is 1. The fourth-order valence-corrected chi connectivity index (χ4v) is 1.55. The Kier molecular flexibility index (Phi) is 4.15. The van der Waals surface area contributed by atoms with Gasteiger partial charge < -0.3 is 9.47 Å². The van der Waals surface area contributed by atoms with Gasteiger partial charge in [0.2, 0.25) is 0 Å². The lowest BCUT2D eigenvalue weighted by atomic mass is 10.2. The van der Waals surface area contributed by atoms with Gasteiger partial charge in [-0.2, -0.15) is 10.2 Å². The molecule has 0 fully saturated rings. The number of halogens is 2. The van der Waals surface area contributed by atoms with Crippen molar-refractivity contribution in [1.82, 2.24) is 10.2 Å². The molecule has 0 unspecified atom stereocenters. The average molecular weight is 261 g/mol. The quantitative estimate of drug-likeness (QED) is 0.833. The summed E-state index contributed by atoms with van der Waals surface area (Å²) in [5.74, 6) is 1.24. The number of rotatable bonds is 2. The monoisotopic (exact) mass is 260 g/mol. The molecule has 0 spiro atoms. The maximum absolute atomic E-state index is 5.98. The van der Waals surface area contributed by atoms with Gasteiger partial charge in [0.05, 0.1) is 31.0 Å². The van der Waals surface area contributed by atoms with Crippen LogP contribution in [0, 0.1) is 0 Å². The molecule has 1 aromatic heterocycles. The SMILES string of the molecule is COc1cc2nncc(Cl)c2cc1OC.Cl. The van der Waals surface area contributed by atoms with Crippen LogP contribution in [0.15, 0.2) is 18.3 Å². The molecule has 0 radical (unpaired) electrons. The average Bonchev–Trinajstić information content (AvgIpc) is 2.28. The van der Waals surface area contributed by atoms with E-state index >= 15 is 0 Å². The lowest BCUT2D eigenvalue weighted by Gasteiger charge is -2.08. The van der Waals surface area contributed by atoms with Crippen LogP contribution in [0.5, 0.6) is 11.5 Å². The number of hydrogen-bond acceptors (Lipinski definition) is 4. The normalized spacial score (nSPS) is 9.69. The summed E-state index contributed by atoms with van der Waals surface area (Å²) in [5.41, 5.74) is 0.681. The van der Waals surface area contributed by atoms with E-state index < -0.39 is 0 Å². The molecular formula is C10H10Cl2N2O2. The van der Waals surface area contributed by atoms with Crippen molar-refractivity contribution in [2.45, 2.75) is 0 Å². The smallest absolute Gasteiger partial charge is 0.162 e. The van der Waals surface area contributed by atoms with E-state index in [4.69, 9.17) is 21.1 Å². The summed E-state index contributed by atoms with van der Waals surface area (Å²) in [7, 11) is 3.15. The minimum absolute atomic E-state index is 0. The third-order valence-electron chi connectivity index (χ3n) is 2.10. The Balaban J connectivity index is 0.00000128. The standard InChI is InChI=1S/C10H9ClN2O2.ClH/c1-14-9-3-6-7(11)5-12-13-8(6)4-10(9)15-2;/h3-5H,1-2H3;1H. The first-order valence-corrected chi connectivity index (χ1v) is 4.67. The second kappa shape index (κ2) is 5.18. The molecule has 2 rings (SSSR count). The van der Waals surface area contributed by atoms with Crippen LogP contribution in [0.3, 0.4) is 0 Å². The molecule has 0 atom stereocenters. The highest BCUT2D eigenvalue weighted by Crippen LogP contribution is 2.33. The van der Waals surface area contributed by atoms with Gasteiger partial charge in [-0.05, 0) is 6.07 Å². The van der Waals surface area contributed by atoms with Crippen molar-refractivity contribution in [2.24, 2.45) is 0 Å². The zero-order chi connectivity index (χ0) is 10.8. The Hall–Kier alpha value is -1.26. The van der Waals surface area contributed by atoms with Crippen molar-refractivity contribution in [1.29, 1.82) is 0 Å². The Bertz CT molecular complexity index is 505. The van der Waals surface area contributed by atoms with E-state index in [1.165, 1.54) is 6.20 Å². The van der Waals surface area contributed by atoms with Gasteiger partial charge in [-0.3, -0.25) is 0 Å². The molecule has 1 aromatic carbocycles. The van der Waals surface area contributed by atoms with Crippen molar-refractivity contribution in [3.63, 3.8) is 0 Å². The van der Waals surface area contributed by atoms with Crippen LogP contribution in [0.4, 0.5) is 0 Å². The van der Waals surface area contributed by atoms with E-state index in [-0.39, 0.29) is 12.4 Å². The van der Waals surface area contributed by atoms with Gasteiger partial charge in [0, 0.05) is 11.5 Å². The number of aromatic nitrogens is 2. The maximum Gasteiger partial charge on any atom is 0.162 e. The Morgan fingerprint density at radius 2 is 1.75 bits per heavy atom. The highest BCUT2D eigenvalue weighted by Gasteiger charge is 2.08. The minimum Gasteiger partial charge on any atom is -0.493 e. The van der Waals surface area contributed by atoms with Crippen LogP contribution in [-0.2, 0) is 0 Å². The largest absolute Gasteiger partial charge is 0.493 e. The van der Waals surface area contributed by atoms with E-state index in [9.17, 15) is 0 Å². The third kappa shape index (κ3) is 2.13. The van der Waals surface area contributed by atoms with Crippen molar-refractivity contribution < 1.29 is 9.47 Å². The lowest BCUT2D eigenvalue weighted by Crippen LogP contribution is -1.92. The predicted molar refractivity (Wildman–Crippen MR) is 64.9 cm³/mol. The highest BCUT2D eigenvalue weighted by molar-refractivity contribution is 6.35. The van der Waals surface area contributed by atoms with Crippen molar-refractivity contribution in [3.05, 3.63) is 23.4 Å². The van der Waals surface area contributed by atoms with Crippen LogP contribution >= 0.6 is 24.0 Å². The minimum atomic E-state index is 0. The fourth-order valence-electron chi connectivity index (χ4n) is 1.35. The molecule has 0 aliphatic carbocycles. The van der Waals surface area contributed by atoms with Gasteiger partial charge in [0.1, 0.15) is 0 Å². The summed E-state index contributed by atoms with van der Waals surface area (Å²) in [6.45, 7) is 0.